The zero-order valence-corrected chi connectivity index (χ0v) is 17.6. The highest BCUT2D eigenvalue weighted by Crippen LogP contribution is 2.25. The van der Waals surface area contributed by atoms with Gasteiger partial charge in [0.25, 0.3) is 0 Å². The van der Waals surface area contributed by atoms with E-state index in [2.05, 4.69) is 32.4 Å². The van der Waals surface area contributed by atoms with E-state index in [4.69, 9.17) is 11.6 Å². The number of aryl methyl sites for hydroxylation is 2. The molecule has 3 aromatic heterocycles. The maximum Gasteiger partial charge on any atom is 0.231 e. The average Bonchev–Trinajstić information content (AvgIpc) is 3.31. The molecule has 0 radical (unpaired) electrons. The van der Waals surface area contributed by atoms with E-state index in [9.17, 15) is 4.79 Å². The maximum absolute atomic E-state index is 12.8. The lowest BCUT2D eigenvalue weighted by atomic mass is 9.97. The molecule has 154 valence electrons. The molecule has 3 aromatic rings. The summed E-state index contributed by atoms with van der Waals surface area (Å²) >= 11 is 6.21. The van der Waals surface area contributed by atoms with E-state index in [-0.39, 0.29) is 11.8 Å². The van der Waals surface area contributed by atoms with E-state index >= 15 is 0 Å². The summed E-state index contributed by atoms with van der Waals surface area (Å²) in [7, 11) is 0. The highest BCUT2D eigenvalue weighted by atomic mass is 35.5. The molecule has 1 aliphatic rings. The highest BCUT2D eigenvalue weighted by Gasteiger charge is 2.28. The number of carbonyl (C=O) groups excluding carboxylic acids is 1. The first kappa shape index (κ1) is 19.7. The fourth-order valence-electron chi connectivity index (χ4n) is 3.86. The van der Waals surface area contributed by atoms with Crippen LogP contribution in [0.1, 0.15) is 37.4 Å². The smallest absolute Gasteiger partial charge is 0.231 e. The van der Waals surface area contributed by atoms with Crippen molar-refractivity contribution >= 4 is 29.1 Å². The molecule has 0 saturated carbocycles. The average molecular weight is 416 g/mol. The third-order valence-corrected chi connectivity index (χ3v) is 5.69. The van der Waals surface area contributed by atoms with Gasteiger partial charge in [-0.25, -0.2) is 0 Å². The fourth-order valence-corrected chi connectivity index (χ4v) is 4.06. The molecule has 1 aliphatic heterocycles. The van der Waals surface area contributed by atoms with Crippen molar-refractivity contribution in [3.8, 4) is 0 Å². The minimum atomic E-state index is -0.0822. The standard InChI is InChI=1S/C20H26ClN7O/c1-3-8-27-13-16(14(2)25-27)11-22-19(29)15-6-4-9-26(12-15)20-24-23-18-17(21)7-5-10-28(18)20/h5,7,10,13,15H,3-4,6,8-9,11-12H2,1-2H3,(H,22,29). The van der Waals surface area contributed by atoms with Crippen molar-refractivity contribution in [1.82, 2.24) is 29.7 Å². The normalized spacial score (nSPS) is 17.1. The molecule has 0 aromatic carbocycles. The summed E-state index contributed by atoms with van der Waals surface area (Å²) in [6, 6.07) is 3.67. The molecule has 0 spiro atoms. The number of hydrogen-bond acceptors (Lipinski definition) is 5. The second-order valence-electron chi connectivity index (χ2n) is 7.56. The molecule has 0 bridgehead atoms. The van der Waals surface area contributed by atoms with Crippen LogP contribution in [0.2, 0.25) is 5.02 Å². The van der Waals surface area contributed by atoms with Crippen LogP contribution in [-0.4, -0.2) is 43.4 Å². The van der Waals surface area contributed by atoms with Crippen LogP contribution in [0, 0.1) is 12.8 Å². The molecule has 1 saturated heterocycles. The van der Waals surface area contributed by atoms with Crippen LogP contribution in [-0.2, 0) is 17.9 Å². The molecule has 9 heteroatoms. The minimum Gasteiger partial charge on any atom is -0.352 e. The predicted molar refractivity (Wildman–Crippen MR) is 112 cm³/mol. The first-order chi connectivity index (χ1) is 14.1. The van der Waals surface area contributed by atoms with Crippen LogP contribution in [0.3, 0.4) is 0 Å². The molecule has 29 heavy (non-hydrogen) atoms. The van der Waals surface area contributed by atoms with Crippen LogP contribution in [0.25, 0.3) is 5.65 Å². The number of rotatable bonds is 6. The van der Waals surface area contributed by atoms with Gasteiger partial charge < -0.3 is 10.2 Å². The molecule has 1 unspecified atom stereocenters. The van der Waals surface area contributed by atoms with Crippen molar-refractivity contribution in [2.45, 2.75) is 46.2 Å². The van der Waals surface area contributed by atoms with Crippen molar-refractivity contribution in [2.75, 3.05) is 18.0 Å². The molecule has 1 fully saturated rings. The Morgan fingerprint density at radius 1 is 1.38 bits per heavy atom. The summed E-state index contributed by atoms with van der Waals surface area (Å²) in [5.74, 6) is 0.724. The van der Waals surface area contributed by atoms with E-state index in [1.54, 1.807) is 6.07 Å². The largest absolute Gasteiger partial charge is 0.352 e. The second kappa shape index (κ2) is 8.41. The topological polar surface area (TPSA) is 80.4 Å². The Morgan fingerprint density at radius 3 is 3.07 bits per heavy atom. The Labute approximate surface area is 174 Å². The van der Waals surface area contributed by atoms with E-state index < -0.39 is 0 Å². The number of nitrogens with one attached hydrogen (secondary N) is 1. The van der Waals surface area contributed by atoms with Crippen molar-refractivity contribution in [2.24, 2.45) is 5.92 Å². The molecule has 1 atom stereocenters. The van der Waals surface area contributed by atoms with Crippen molar-refractivity contribution < 1.29 is 4.79 Å². The zero-order chi connectivity index (χ0) is 20.4. The van der Waals surface area contributed by atoms with Crippen LogP contribution in [0.5, 0.6) is 0 Å². The number of amides is 1. The van der Waals surface area contributed by atoms with Gasteiger partial charge >= 0.3 is 0 Å². The Kier molecular flexibility index (Phi) is 5.71. The quantitative estimate of drug-likeness (QED) is 0.669. The number of piperidine rings is 1. The predicted octanol–water partition coefficient (Wildman–Crippen LogP) is 2.83. The van der Waals surface area contributed by atoms with Gasteiger partial charge in [0, 0.05) is 44.1 Å². The Bertz CT molecular complexity index is 1010. The van der Waals surface area contributed by atoms with E-state index in [0.717, 1.165) is 49.6 Å². The minimum absolute atomic E-state index is 0.0733. The van der Waals surface area contributed by atoms with E-state index in [0.29, 0.717) is 23.8 Å². The number of aromatic nitrogens is 5. The summed E-state index contributed by atoms with van der Waals surface area (Å²) in [5, 5.41) is 16.7. The number of halogens is 1. The molecule has 4 rings (SSSR count). The zero-order valence-electron chi connectivity index (χ0n) is 16.8. The molecule has 4 heterocycles. The lowest BCUT2D eigenvalue weighted by Gasteiger charge is -2.32. The van der Waals surface area contributed by atoms with Gasteiger partial charge in [-0.1, -0.05) is 18.5 Å². The monoisotopic (exact) mass is 415 g/mol. The molecule has 8 nitrogen and oxygen atoms in total. The fraction of sp³-hybridized carbons (Fsp3) is 0.500. The first-order valence-electron chi connectivity index (χ1n) is 10.1. The molecular formula is C20H26ClN7O. The summed E-state index contributed by atoms with van der Waals surface area (Å²) in [5.41, 5.74) is 2.67. The van der Waals surface area contributed by atoms with Gasteiger partial charge in [0.1, 0.15) is 0 Å². The van der Waals surface area contributed by atoms with Crippen LogP contribution >= 0.6 is 11.6 Å². The van der Waals surface area contributed by atoms with Crippen LogP contribution in [0.4, 0.5) is 5.95 Å². The Morgan fingerprint density at radius 2 is 2.24 bits per heavy atom. The summed E-state index contributed by atoms with van der Waals surface area (Å²) < 4.78 is 3.83. The number of carbonyl (C=O) groups is 1. The third kappa shape index (κ3) is 4.07. The van der Waals surface area contributed by atoms with Crippen LogP contribution < -0.4 is 10.2 Å². The van der Waals surface area contributed by atoms with Crippen molar-refractivity contribution in [3.05, 3.63) is 40.8 Å². The van der Waals surface area contributed by atoms with Gasteiger partial charge in [0.05, 0.1) is 16.6 Å². The Balaban J connectivity index is 1.41. The lowest BCUT2D eigenvalue weighted by Crippen LogP contribution is -2.43. The first-order valence-corrected chi connectivity index (χ1v) is 10.5. The number of pyridine rings is 1. The second-order valence-corrected chi connectivity index (χ2v) is 7.96. The van der Waals surface area contributed by atoms with E-state index in [1.807, 2.05) is 34.5 Å². The third-order valence-electron chi connectivity index (χ3n) is 5.40. The molecular weight excluding hydrogens is 390 g/mol. The number of nitrogens with zero attached hydrogens (tertiary/aromatic N) is 6. The van der Waals surface area contributed by atoms with Gasteiger partial charge in [-0.2, -0.15) is 5.10 Å². The van der Waals surface area contributed by atoms with Gasteiger partial charge in [-0.3, -0.25) is 13.9 Å². The Hall–Kier alpha value is -2.61. The molecule has 0 aliphatic carbocycles. The lowest BCUT2D eigenvalue weighted by molar-refractivity contribution is -0.125. The molecule has 1 amide bonds. The van der Waals surface area contributed by atoms with Crippen molar-refractivity contribution in [1.29, 1.82) is 0 Å². The number of anilines is 1. The van der Waals surface area contributed by atoms with Gasteiger partial charge in [-0.05, 0) is 38.3 Å². The summed E-state index contributed by atoms with van der Waals surface area (Å²) in [4.78, 5) is 14.9. The number of hydrogen-bond donors (Lipinski definition) is 1. The van der Waals surface area contributed by atoms with Gasteiger partial charge in [0.2, 0.25) is 11.9 Å². The summed E-state index contributed by atoms with van der Waals surface area (Å²) in [6.07, 6.45) is 6.76. The van der Waals surface area contributed by atoms with E-state index in [1.165, 1.54) is 0 Å². The SMILES string of the molecule is CCCn1cc(CNC(=O)C2CCCN(c3nnc4c(Cl)cccn34)C2)c(C)n1. The highest BCUT2D eigenvalue weighted by molar-refractivity contribution is 6.33. The maximum atomic E-state index is 12.8. The summed E-state index contributed by atoms with van der Waals surface area (Å²) in [6.45, 7) is 6.97. The molecule has 1 N–H and O–H groups in total. The van der Waals surface area contributed by atoms with Gasteiger partial charge in [-0.15, -0.1) is 10.2 Å². The van der Waals surface area contributed by atoms with Gasteiger partial charge in [0.15, 0.2) is 5.65 Å². The van der Waals surface area contributed by atoms with Crippen molar-refractivity contribution in [3.63, 3.8) is 0 Å². The number of fused-ring (bicyclic) bond motifs is 1. The van der Waals surface area contributed by atoms with Crippen LogP contribution in [0.15, 0.2) is 24.5 Å².